The summed E-state index contributed by atoms with van der Waals surface area (Å²) in [7, 11) is 0. The van der Waals surface area contributed by atoms with E-state index in [-0.39, 0.29) is 19.4 Å². The summed E-state index contributed by atoms with van der Waals surface area (Å²) < 4.78 is 6.88. The molecule has 0 fully saturated rings. The number of rotatable bonds is 12. The first-order chi connectivity index (χ1) is 19.4. The fourth-order valence-electron chi connectivity index (χ4n) is 4.04. The number of carboxylic acids is 1. The third kappa shape index (κ3) is 8.54. The molecule has 0 saturated carbocycles. The monoisotopic (exact) mass is 600 g/mol. The smallest absolute Gasteiger partial charge is 0.303 e. The van der Waals surface area contributed by atoms with Gasteiger partial charge in [0.1, 0.15) is 18.4 Å². The van der Waals surface area contributed by atoms with Gasteiger partial charge in [0.05, 0.1) is 0 Å². The fraction of sp³-hybridized carbons (Fsp3) is 0.156. The molecule has 4 rings (SSSR count). The van der Waals surface area contributed by atoms with Crippen molar-refractivity contribution in [2.45, 2.75) is 32.0 Å². The van der Waals surface area contributed by atoms with E-state index in [4.69, 9.17) is 9.84 Å². The van der Waals surface area contributed by atoms with Gasteiger partial charge in [-0.1, -0.05) is 82.7 Å². The fourth-order valence-corrected chi connectivity index (χ4v) is 4.48. The molecular formula is C32H29BrN2O5. The zero-order valence-corrected chi connectivity index (χ0v) is 23.3. The molecule has 0 unspecified atom stereocenters. The van der Waals surface area contributed by atoms with E-state index in [1.165, 1.54) is 0 Å². The van der Waals surface area contributed by atoms with Crippen LogP contribution in [0.15, 0.2) is 108 Å². The van der Waals surface area contributed by atoms with Crippen molar-refractivity contribution in [1.29, 1.82) is 0 Å². The molecule has 4 aromatic rings. The third-order valence-corrected chi connectivity index (χ3v) is 6.70. The van der Waals surface area contributed by atoms with Gasteiger partial charge in [0.15, 0.2) is 0 Å². The molecule has 0 radical (unpaired) electrons. The van der Waals surface area contributed by atoms with Crippen molar-refractivity contribution in [3.05, 3.63) is 124 Å². The summed E-state index contributed by atoms with van der Waals surface area (Å²) >= 11 is 3.46. The Bertz CT molecular complexity index is 1440. The van der Waals surface area contributed by atoms with E-state index < -0.39 is 23.8 Å². The molecule has 0 aliphatic rings. The van der Waals surface area contributed by atoms with E-state index >= 15 is 0 Å². The molecule has 1 atom stereocenters. The molecular weight excluding hydrogens is 572 g/mol. The van der Waals surface area contributed by atoms with Crippen LogP contribution < -0.4 is 15.4 Å². The number of carbonyl (C=O) groups excluding carboxylic acids is 2. The molecule has 7 nitrogen and oxygen atoms in total. The van der Waals surface area contributed by atoms with Gasteiger partial charge in [0.25, 0.3) is 5.91 Å². The molecule has 0 aliphatic heterocycles. The second-order valence-electron chi connectivity index (χ2n) is 9.18. The third-order valence-electron chi connectivity index (χ3n) is 6.21. The summed E-state index contributed by atoms with van der Waals surface area (Å²) in [6, 6.07) is 31.0. The minimum absolute atomic E-state index is 0.0181. The van der Waals surface area contributed by atoms with Gasteiger partial charge < -0.3 is 20.5 Å². The SMILES string of the molecule is O=C(O)CC[C@H](NC(=O)c1ccc(-c2ccc(OCc3cccc(Br)c3)cc2)cc1)C(=O)NCc1ccccc1. The Morgan fingerprint density at radius 2 is 1.45 bits per heavy atom. The Hall–Kier alpha value is -4.43. The van der Waals surface area contributed by atoms with Gasteiger partial charge >= 0.3 is 5.97 Å². The standard InChI is InChI=1S/C32H29BrN2O5/c33-27-8-4-7-23(19-27)21-40-28-15-13-25(14-16-28)24-9-11-26(12-10-24)31(38)35-29(17-18-30(36)37)32(39)34-20-22-5-2-1-3-6-22/h1-16,19,29H,17-18,20-21H2,(H,34,39)(H,35,38)(H,36,37)/t29-/m0/s1. The number of amides is 2. The summed E-state index contributed by atoms with van der Waals surface area (Å²) in [6.07, 6.45) is -0.263. The van der Waals surface area contributed by atoms with Crippen LogP contribution in [0.25, 0.3) is 11.1 Å². The molecule has 0 aromatic heterocycles. The molecule has 2 amide bonds. The molecule has 0 bridgehead atoms. The maximum Gasteiger partial charge on any atom is 0.303 e. The maximum absolute atomic E-state index is 12.9. The number of ether oxygens (including phenoxy) is 1. The predicted molar refractivity (Wildman–Crippen MR) is 157 cm³/mol. The minimum Gasteiger partial charge on any atom is -0.489 e. The van der Waals surface area contributed by atoms with Crippen LogP contribution in [0.2, 0.25) is 0 Å². The number of nitrogens with one attached hydrogen (secondary N) is 2. The molecule has 3 N–H and O–H groups in total. The Balaban J connectivity index is 1.35. The Kier molecular flexibility index (Phi) is 10.1. The van der Waals surface area contributed by atoms with E-state index in [1.54, 1.807) is 12.1 Å². The lowest BCUT2D eigenvalue weighted by molar-refractivity contribution is -0.137. The summed E-state index contributed by atoms with van der Waals surface area (Å²) in [5.74, 6) is -1.17. The predicted octanol–water partition coefficient (Wildman–Crippen LogP) is 5.97. The first-order valence-electron chi connectivity index (χ1n) is 12.8. The van der Waals surface area contributed by atoms with Crippen molar-refractivity contribution >= 4 is 33.7 Å². The van der Waals surface area contributed by atoms with Gasteiger partial charge in [-0.05, 0) is 65.1 Å². The average molecular weight is 601 g/mol. The number of carboxylic acid groups (broad SMARTS) is 1. The van der Waals surface area contributed by atoms with Crippen LogP contribution in [0.1, 0.15) is 34.3 Å². The van der Waals surface area contributed by atoms with Gasteiger partial charge in [0, 0.05) is 23.0 Å². The quantitative estimate of drug-likeness (QED) is 0.186. The van der Waals surface area contributed by atoms with Crippen molar-refractivity contribution in [2.75, 3.05) is 0 Å². The number of hydrogen-bond donors (Lipinski definition) is 3. The van der Waals surface area contributed by atoms with Crippen molar-refractivity contribution in [3.63, 3.8) is 0 Å². The van der Waals surface area contributed by atoms with Crippen molar-refractivity contribution in [2.24, 2.45) is 0 Å². The van der Waals surface area contributed by atoms with Gasteiger partial charge in [-0.3, -0.25) is 14.4 Å². The molecule has 0 aliphatic carbocycles. The van der Waals surface area contributed by atoms with Gasteiger partial charge in [-0.15, -0.1) is 0 Å². The van der Waals surface area contributed by atoms with E-state index in [2.05, 4.69) is 26.6 Å². The average Bonchev–Trinajstić information content (AvgIpc) is 2.97. The molecule has 204 valence electrons. The summed E-state index contributed by atoms with van der Waals surface area (Å²) in [6.45, 7) is 0.738. The van der Waals surface area contributed by atoms with Crippen LogP contribution in [-0.2, 0) is 22.7 Å². The lowest BCUT2D eigenvalue weighted by Crippen LogP contribution is -2.46. The highest BCUT2D eigenvalue weighted by Crippen LogP contribution is 2.24. The second kappa shape index (κ2) is 14.1. The first kappa shape index (κ1) is 28.6. The number of aliphatic carboxylic acids is 1. The van der Waals surface area contributed by atoms with E-state index in [1.807, 2.05) is 91.0 Å². The lowest BCUT2D eigenvalue weighted by Gasteiger charge is -2.18. The van der Waals surface area contributed by atoms with Crippen molar-refractivity contribution in [1.82, 2.24) is 10.6 Å². The van der Waals surface area contributed by atoms with Gasteiger partial charge in [0.2, 0.25) is 5.91 Å². The summed E-state index contributed by atoms with van der Waals surface area (Å²) in [4.78, 5) is 36.8. The lowest BCUT2D eigenvalue weighted by atomic mass is 10.0. The zero-order chi connectivity index (χ0) is 28.3. The Morgan fingerprint density at radius 1 is 0.800 bits per heavy atom. The van der Waals surface area contributed by atoms with Crippen molar-refractivity contribution < 1.29 is 24.2 Å². The van der Waals surface area contributed by atoms with Crippen LogP contribution in [0.5, 0.6) is 5.75 Å². The molecule has 0 spiro atoms. The number of hydrogen-bond acceptors (Lipinski definition) is 4. The van der Waals surface area contributed by atoms with Crippen LogP contribution in [-0.4, -0.2) is 28.9 Å². The largest absolute Gasteiger partial charge is 0.489 e. The van der Waals surface area contributed by atoms with E-state index in [0.717, 1.165) is 32.5 Å². The van der Waals surface area contributed by atoms with Crippen LogP contribution in [0.3, 0.4) is 0 Å². The summed E-state index contributed by atoms with van der Waals surface area (Å²) in [5.41, 5.74) is 4.21. The van der Waals surface area contributed by atoms with E-state index in [9.17, 15) is 14.4 Å². The number of halogens is 1. The first-order valence-corrected chi connectivity index (χ1v) is 13.6. The highest BCUT2D eigenvalue weighted by Gasteiger charge is 2.22. The second-order valence-corrected chi connectivity index (χ2v) is 10.1. The van der Waals surface area contributed by atoms with Crippen LogP contribution in [0, 0.1) is 0 Å². The number of benzene rings is 4. The highest BCUT2D eigenvalue weighted by atomic mass is 79.9. The normalized spacial score (nSPS) is 11.3. The van der Waals surface area contributed by atoms with E-state index in [0.29, 0.717) is 12.2 Å². The topological polar surface area (TPSA) is 105 Å². The zero-order valence-electron chi connectivity index (χ0n) is 21.7. The van der Waals surface area contributed by atoms with Gasteiger partial charge in [-0.25, -0.2) is 0 Å². The van der Waals surface area contributed by atoms with Crippen molar-refractivity contribution in [3.8, 4) is 16.9 Å². The number of carbonyl (C=O) groups is 3. The van der Waals surface area contributed by atoms with Gasteiger partial charge in [-0.2, -0.15) is 0 Å². The van der Waals surface area contributed by atoms with Crippen LogP contribution in [0.4, 0.5) is 0 Å². The Morgan fingerprint density at radius 3 is 2.10 bits per heavy atom. The Labute approximate surface area is 241 Å². The minimum atomic E-state index is -1.04. The highest BCUT2D eigenvalue weighted by molar-refractivity contribution is 9.10. The molecule has 0 saturated heterocycles. The summed E-state index contributed by atoms with van der Waals surface area (Å²) in [5, 5.41) is 14.6. The van der Waals surface area contributed by atoms with Crippen LogP contribution >= 0.6 is 15.9 Å². The molecule has 40 heavy (non-hydrogen) atoms. The molecule has 0 heterocycles. The maximum atomic E-state index is 12.9. The molecule has 8 heteroatoms. The molecule has 4 aromatic carbocycles.